The molecule has 2 aromatic carbocycles. The van der Waals surface area contributed by atoms with Crippen LogP contribution in [0, 0.1) is 17.5 Å². The van der Waals surface area contributed by atoms with Crippen molar-refractivity contribution in [1.29, 1.82) is 0 Å². The number of aromatic amines is 1. The molecule has 13 heteroatoms. The number of carbonyl (C=O) groups excluding carboxylic acids is 1. The fourth-order valence-electron chi connectivity index (χ4n) is 7.88. The Morgan fingerprint density at radius 3 is 2.65 bits per heavy atom. The molecule has 6 heterocycles. The third-order valence-electron chi connectivity index (χ3n) is 10.1. The van der Waals surface area contributed by atoms with Crippen LogP contribution in [0.1, 0.15) is 65.1 Å². The Labute approximate surface area is 281 Å². The summed E-state index contributed by atoms with van der Waals surface area (Å²) in [5, 5.41) is 14.6. The number of hydrogen-bond donors (Lipinski definition) is 3. The number of nitrogens with zero attached hydrogens (tertiary/aromatic N) is 3. The molecule has 9 nitrogen and oxygen atoms in total. The second-order valence-electron chi connectivity index (χ2n) is 12.9. The van der Waals surface area contributed by atoms with E-state index < -0.39 is 23.3 Å². The quantitative estimate of drug-likeness (QED) is 0.180. The van der Waals surface area contributed by atoms with E-state index in [1.807, 2.05) is 17.0 Å². The average molecular weight is 683 g/mol. The first kappa shape index (κ1) is 29.9. The van der Waals surface area contributed by atoms with E-state index in [4.69, 9.17) is 4.42 Å². The van der Waals surface area contributed by atoms with Crippen LogP contribution in [0.5, 0.6) is 0 Å². The van der Waals surface area contributed by atoms with Gasteiger partial charge in [0.25, 0.3) is 5.91 Å². The molecule has 9 rings (SSSR count). The van der Waals surface area contributed by atoms with E-state index in [-0.39, 0.29) is 29.7 Å². The number of allylic oxidation sites excluding steroid dienone is 2. The molecule has 0 spiro atoms. The zero-order valence-electron chi connectivity index (χ0n) is 26.0. The second-order valence-corrected chi connectivity index (χ2v) is 14.0. The summed E-state index contributed by atoms with van der Waals surface area (Å²) >= 11 is 1.48. The Balaban J connectivity index is 1.16. The van der Waals surface area contributed by atoms with Crippen molar-refractivity contribution in [3.05, 3.63) is 127 Å². The van der Waals surface area contributed by atoms with Crippen LogP contribution in [0.4, 0.5) is 19.0 Å². The predicted molar refractivity (Wildman–Crippen MR) is 177 cm³/mol. The maximum Gasteiger partial charge on any atom is 0.434 e. The summed E-state index contributed by atoms with van der Waals surface area (Å²) in [6, 6.07) is 12.5. The monoisotopic (exact) mass is 682 g/mol. The molecule has 3 atom stereocenters. The lowest BCUT2D eigenvalue weighted by Crippen LogP contribution is -2.32. The third kappa shape index (κ3) is 4.97. The molecule has 3 aromatic heterocycles. The zero-order chi connectivity index (χ0) is 33.4. The molecule has 5 aromatic rings. The van der Waals surface area contributed by atoms with Gasteiger partial charge in [-0.05, 0) is 97.0 Å². The first-order valence-electron chi connectivity index (χ1n) is 16.3. The predicted octanol–water partition coefficient (Wildman–Crippen LogP) is 6.48. The number of aryl methyl sites for hydroxylation is 2. The lowest BCUT2D eigenvalue weighted by atomic mass is 9.82. The van der Waals surface area contributed by atoms with Gasteiger partial charge in [0.1, 0.15) is 11.6 Å². The van der Waals surface area contributed by atoms with Gasteiger partial charge in [-0.15, -0.1) is 16.4 Å². The number of halogens is 3. The van der Waals surface area contributed by atoms with Crippen molar-refractivity contribution in [2.75, 3.05) is 11.9 Å². The van der Waals surface area contributed by atoms with Gasteiger partial charge in [-0.1, -0.05) is 12.1 Å². The molecule has 49 heavy (non-hydrogen) atoms. The average Bonchev–Trinajstić information content (AvgIpc) is 3.93. The summed E-state index contributed by atoms with van der Waals surface area (Å²) in [6.07, 6.45) is 5.77. The van der Waals surface area contributed by atoms with E-state index >= 15 is 0 Å². The highest BCUT2D eigenvalue weighted by Crippen LogP contribution is 2.52. The fourth-order valence-corrected chi connectivity index (χ4v) is 9.11. The maximum absolute atomic E-state index is 14.2. The summed E-state index contributed by atoms with van der Waals surface area (Å²) in [7, 11) is 0. The zero-order valence-corrected chi connectivity index (χ0v) is 26.8. The van der Waals surface area contributed by atoms with Crippen LogP contribution in [-0.2, 0) is 17.6 Å². The van der Waals surface area contributed by atoms with E-state index in [0.29, 0.717) is 54.8 Å². The smallest absolute Gasteiger partial charge is 0.388 e. The van der Waals surface area contributed by atoms with Gasteiger partial charge in [-0.2, -0.15) is 0 Å². The second kappa shape index (κ2) is 11.5. The Morgan fingerprint density at radius 1 is 1.00 bits per heavy atom. The maximum atomic E-state index is 14.2. The number of nitrogens with one attached hydrogen (secondary N) is 3. The minimum atomic E-state index is -0.881. The van der Waals surface area contributed by atoms with Crippen LogP contribution >= 0.6 is 11.3 Å². The van der Waals surface area contributed by atoms with Crippen molar-refractivity contribution in [3.63, 3.8) is 0 Å². The van der Waals surface area contributed by atoms with Crippen LogP contribution in [0.15, 0.2) is 80.9 Å². The van der Waals surface area contributed by atoms with E-state index in [2.05, 4.69) is 25.8 Å². The Hall–Kier alpha value is -5.17. The van der Waals surface area contributed by atoms with E-state index in [0.717, 1.165) is 50.3 Å². The van der Waals surface area contributed by atoms with Crippen molar-refractivity contribution >= 4 is 38.7 Å². The van der Waals surface area contributed by atoms with Crippen molar-refractivity contribution < 1.29 is 22.4 Å². The molecule has 1 fully saturated rings. The number of carbonyl (C=O) groups is 1. The minimum absolute atomic E-state index is 0.0614. The topological polar surface area (TPSA) is 116 Å². The number of anilines is 1. The number of rotatable bonds is 7. The molecule has 1 unspecified atom stereocenters. The van der Waals surface area contributed by atoms with Crippen molar-refractivity contribution in [1.82, 2.24) is 25.4 Å². The summed E-state index contributed by atoms with van der Waals surface area (Å²) in [6.45, 7) is 0.653. The highest BCUT2D eigenvalue weighted by molar-refractivity contribution is 7.19. The van der Waals surface area contributed by atoms with E-state index in [1.54, 1.807) is 18.3 Å². The Kier molecular flexibility index (Phi) is 7.01. The Bertz CT molecular complexity index is 2290. The van der Waals surface area contributed by atoms with Crippen molar-refractivity contribution in [2.24, 2.45) is 0 Å². The number of aromatic nitrogens is 3. The molecule has 4 aliphatic rings. The van der Waals surface area contributed by atoms with Crippen LogP contribution in [-0.4, -0.2) is 38.6 Å². The van der Waals surface area contributed by atoms with Gasteiger partial charge in [-0.25, -0.2) is 28.0 Å². The SMILES string of the molecule is O=C1C2=C(NC(CCc3ccc(F)cc3)=C(c3n[nH]c(=O)o3)C2c2cc3ccnc(N[C@@H]4CCc5cc(F)c(F)cc54)c3s2)[C@@H]2CCCN12. The van der Waals surface area contributed by atoms with Gasteiger partial charge in [0.2, 0.25) is 5.89 Å². The number of H-pyrrole nitrogens is 1. The fraction of sp³-hybridized carbons (Fsp3) is 0.278. The largest absolute Gasteiger partial charge is 0.434 e. The lowest BCUT2D eigenvalue weighted by molar-refractivity contribution is -0.126. The molecule has 0 saturated carbocycles. The number of amides is 1. The number of benzene rings is 2. The number of dihydropyridines is 1. The number of hydrogen-bond acceptors (Lipinski definition) is 8. The summed E-state index contributed by atoms with van der Waals surface area (Å²) in [5.41, 5.74) is 5.24. The van der Waals surface area contributed by atoms with Crippen LogP contribution in [0.3, 0.4) is 0 Å². The molecular weight excluding hydrogens is 653 g/mol. The van der Waals surface area contributed by atoms with Gasteiger partial charge in [0.05, 0.1) is 28.3 Å². The summed E-state index contributed by atoms with van der Waals surface area (Å²) < 4.78 is 48.3. The first-order chi connectivity index (χ1) is 23.8. The van der Waals surface area contributed by atoms with E-state index in [1.165, 1.54) is 35.6 Å². The lowest BCUT2D eigenvalue weighted by Gasteiger charge is -2.29. The van der Waals surface area contributed by atoms with Crippen LogP contribution in [0.2, 0.25) is 0 Å². The van der Waals surface area contributed by atoms with Crippen molar-refractivity contribution in [2.45, 2.75) is 56.5 Å². The normalized spacial score (nSPS) is 21.4. The summed E-state index contributed by atoms with van der Waals surface area (Å²) in [4.78, 5) is 33.9. The van der Waals surface area contributed by atoms with Gasteiger partial charge < -0.3 is 20.0 Å². The molecule has 3 aliphatic heterocycles. The van der Waals surface area contributed by atoms with Gasteiger partial charge >= 0.3 is 5.76 Å². The molecule has 0 radical (unpaired) electrons. The molecule has 1 aliphatic carbocycles. The highest BCUT2D eigenvalue weighted by Gasteiger charge is 2.49. The van der Waals surface area contributed by atoms with Gasteiger partial charge in [0.15, 0.2) is 11.6 Å². The van der Waals surface area contributed by atoms with Crippen LogP contribution < -0.4 is 16.4 Å². The molecule has 248 valence electrons. The molecule has 1 amide bonds. The highest BCUT2D eigenvalue weighted by atomic mass is 32.1. The standard InChI is InChI=1S/C36H29F3N6O3S/c37-20-7-3-17(4-8-20)5-9-25-28(34-43-44-36(47)48-34)29(30-31(41-25)26-2-1-13-45(26)35(30)46)27-15-19-11-12-40-33(32(19)49-27)42-24-10-6-18-14-22(38)23(39)16-21(18)24/h3-4,7-8,11-12,14-16,24,26,29,41H,1-2,5-6,9-10,13H2,(H,40,42)(H,44,47)/t24-,26+,29?/m1/s1. The first-order valence-corrected chi connectivity index (χ1v) is 17.1. The van der Waals surface area contributed by atoms with Crippen molar-refractivity contribution in [3.8, 4) is 0 Å². The minimum Gasteiger partial charge on any atom is -0.388 e. The van der Waals surface area contributed by atoms with E-state index in [9.17, 15) is 22.8 Å². The third-order valence-corrected chi connectivity index (χ3v) is 11.3. The van der Waals surface area contributed by atoms with Gasteiger partial charge in [-0.3, -0.25) is 4.79 Å². The van der Waals surface area contributed by atoms with Crippen LogP contribution in [0.25, 0.3) is 15.7 Å². The number of fused-ring (bicyclic) bond motifs is 4. The molecule has 0 bridgehead atoms. The summed E-state index contributed by atoms with van der Waals surface area (Å²) in [5.74, 6) is -2.73. The molecular formula is C36H29F3N6O3S. The van der Waals surface area contributed by atoms with Gasteiger partial charge in [0, 0.05) is 34.6 Å². The number of pyridine rings is 1. The molecule has 1 saturated heterocycles. The Morgan fingerprint density at radius 2 is 1.84 bits per heavy atom. The molecule has 3 N–H and O–H groups in total. The number of thiophene rings is 1.